The lowest BCUT2D eigenvalue weighted by molar-refractivity contribution is -0.384. The van der Waals surface area contributed by atoms with Crippen LogP contribution in [-0.4, -0.2) is 17.5 Å². The lowest BCUT2D eigenvalue weighted by atomic mass is 9.83. The number of nitriles is 1. The number of non-ortho nitro benzene ring substituents is 1. The maximum absolute atomic E-state index is 12.4. The number of benzene rings is 4. The van der Waals surface area contributed by atoms with Gasteiger partial charge in [0.2, 0.25) is 5.88 Å². The molecular formula is C32H25N3O7. The van der Waals surface area contributed by atoms with Crippen molar-refractivity contribution in [3.63, 3.8) is 0 Å². The van der Waals surface area contributed by atoms with Gasteiger partial charge < -0.3 is 24.7 Å². The fraction of sp³-hybridized carbons (Fsp3) is 0.125. The van der Waals surface area contributed by atoms with Crippen LogP contribution in [-0.2, 0) is 11.4 Å². The van der Waals surface area contributed by atoms with E-state index in [9.17, 15) is 20.2 Å². The number of nitro benzene ring substituents is 1. The molecule has 0 bridgehead atoms. The molecule has 1 atom stereocenters. The summed E-state index contributed by atoms with van der Waals surface area (Å²) in [5.74, 6) is 0.265. The number of hydrogen-bond acceptors (Lipinski definition) is 9. The van der Waals surface area contributed by atoms with E-state index in [1.165, 1.54) is 35.9 Å². The minimum absolute atomic E-state index is 0.0420. The van der Waals surface area contributed by atoms with Crippen molar-refractivity contribution in [2.75, 3.05) is 6.61 Å². The number of ether oxygens (including phenoxy) is 4. The van der Waals surface area contributed by atoms with E-state index in [1.807, 2.05) is 55.5 Å². The quantitative estimate of drug-likeness (QED) is 0.117. The lowest BCUT2D eigenvalue weighted by Gasteiger charge is -2.26. The molecule has 2 N–H and O–H groups in total. The zero-order chi connectivity index (χ0) is 29.6. The number of nitrogens with zero attached hydrogens (tertiary/aromatic N) is 2. The number of nitrogens with two attached hydrogens (primary N) is 1. The third-order valence-corrected chi connectivity index (χ3v) is 6.57. The average Bonchev–Trinajstić information content (AvgIpc) is 2.99. The predicted molar refractivity (Wildman–Crippen MR) is 152 cm³/mol. The van der Waals surface area contributed by atoms with Gasteiger partial charge in [0.15, 0.2) is 6.61 Å². The van der Waals surface area contributed by atoms with Crippen molar-refractivity contribution in [2.24, 2.45) is 5.73 Å². The summed E-state index contributed by atoms with van der Waals surface area (Å²) in [4.78, 5) is 22.6. The Bertz CT molecular complexity index is 1690. The minimum atomic E-state index is -0.692. The van der Waals surface area contributed by atoms with E-state index in [-0.39, 0.29) is 28.6 Å². The van der Waals surface area contributed by atoms with Gasteiger partial charge in [-0.25, -0.2) is 4.79 Å². The first-order valence-corrected chi connectivity index (χ1v) is 12.9. The Morgan fingerprint density at radius 1 is 0.952 bits per heavy atom. The molecule has 0 radical (unpaired) electrons. The summed E-state index contributed by atoms with van der Waals surface area (Å²) < 4.78 is 22.4. The number of allylic oxidation sites excluding steroid dienone is 1. The molecule has 0 saturated heterocycles. The van der Waals surface area contributed by atoms with Gasteiger partial charge in [-0.2, -0.15) is 5.26 Å². The fourth-order valence-corrected chi connectivity index (χ4v) is 4.42. The second-order valence-electron chi connectivity index (χ2n) is 9.48. The first-order chi connectivity index (χ1) is 20.3. The summed E-state index contributed by atoms with van der Waals surface area (Å²) in [5.41, 5.74) is 10.0. The molecule has 4 aromatic carbocycles. The topological polar surface area (TPSA) is 147 Å². The van der Waals surface area contributed by atoms with Crippen LogP contribution in [0.4, 0.5) is 5.69 Å². The second-order valence-corrected chi connectivity index (χ2v) is 9.48. The van der Waals surface area contributed by atoms with E-state index >= 15 is 0 Å². The highest BCUT2D eigenvalue weighted by atomic mass is 16.6. The number of nitro groups is 1. The summed E-state index contributed by atoms with van der Waals surface area (Å²) in [6.45, 7) is 2.04. The second kappa shape index (κ2) is 12.1. The van der Waals surface area contributed by atoms with Crippen molar-refractivity contribution >= 4 is 11.7 Å². The number of carbonyl (C=O) groups is 1. The average molecular weight is 564 g/mol. The summed E-state index contributed by atoms with van der Waals surface area (Å²) in [6, 6.07) is 27.8. The highest BCUT2D eigenvalue weighted by molar-refractivity contribution is 5.74. The number of carbonyl (C=O) groups excluding carboxylic acids is 1. The standard InChI is InChI=1S/C32H25N3O7/c1-20-2-4-21(5-3-20)18-39-24-10-6-22(7-11-24)31-27-15-14-26(16-29(27)42-32(34)28(31)17-33)41-30(36)19-40-25-12-8-23(9-13-25)35(37)38/h2-16,31H,18-19,34H2,1H3. The van der Waals surface area contributed by atoms with Gasteiger partial charge in [0, 0.05) is 23.8 Å². The van der Waals surface area contributed by atoms with Gasteiger partial charge in [0.05, 0.1) is 10.8 Å². The van der Waals surface area contributed by atoms with Crippen LogP contribution in [0, 0.1) is 28.4 Å². The Labute approximate surface area is 241 Å². The highest BCUT2D eigenvalue weighted by Gasteiger charge is 2.31. The monoisotopic (exact) mass is 563 g/mol. The minimum Gasteiger partial charge on any atom is -0.489 e. The van der Waals surface area contributed by atoms with Gasteiger partial charge >= 0.3 is 5.97 Å². The molecule has 0 fully saturated rings. The summed E-state index contributed by atoms with van der Waals surface area (Å²) in [6.07, 6.45) is 0. The third-order valence-electron chi connectivity index (χ3n) is 6.57. The first-order valence-electron chi connectivity index (χ1n) is 12.9. The Morgan fingerprint density at radius 3 is 2.26 bits per heavy atom. The fourth-order valence-electron chi connectivity index (χ4n) is 4.42. The predicted octanol–water partition coefficient (Wildman–Crippen LogP) is 5.68. The zero-order valence-corrected chi connectivity index (χ0v) is 22.5. The van der Waals surface area contributed by atoms with Gasteiger partial charge in [-0.15, -0.1) is 0 Å². The van der Waals surface area contributed by atoms with Crippen LogP contribution in [0.2, 0.25) is 0 Å². The van der Waals surface area contributed by atoms with Crippen molar-refractivity contribution in [2.45, 2.75) is 19.4 Å². The Balaban J connectivity index is 1.27. The SMILES string of the molecule is Cc1ccc(COc2ccc(C3C(C#N)=C(N)Oc4cc(OC(=O)COc5ccc([N+](=O)[O-])cc5)ccc43)cc2)cc1. The van der Waals surface area contributed by atoms with Crippen LogP contribution in [0.15, 0.2) is 102 Å². The van der Waals surface area contributed by atoms with E-state index in [4.69, 9.17) is 24.7 Å². The van der Waals surface area contributed by atoms with Gasteiger partial charge in [-0.3, -0.25) is 10.1 Å². The van der Waals surface area contributed by atoms with E-state index in [2.05, 4.69) is 6.07 Å². The molecule has 0 saturated carbocycles. The molecule has 1 aliphatic heterocycles. The molecule has 4 aromatic rings. The van der Waals surface area contributed by atoms with Gasteiger partial charge in [0.25, 0.3) is 5.69 Å². The van der Waals surface area contributed by atoms with E-state index in [1.54, 1.807) is 12.1 Å². The summed E-state index contributed by atoms with van der Waals surface area (Å²) >= 11 is 0. The van der Waals surface area contributed by atoms with E-state index in [0.29, 0.717) is 23.7 Å². The van der Waals surface area contributed by atoms with Crippen molar-refractivity contribution in [1.29, 1.82) is 5.26 Å². The molecule has 0 spiro atoms. The van der Waals surface area contributed by atoms with Crippen LogP contribution >= 0.6 is 0 Å². The summed E-state index contributed by atoms with van der Waals surface area (Å²) in [5, 5.41) is 20.6. The lowest BCUT2D eigenvalue weighted by Crippen LogP contribution is -2.21. The molecule has 0 amide bonds. The van der Waals surface area contributed by atoms with Crippen LogP contribution in [0.3, 0.4) is 0 Å². The molecule has 0 aromatic heterocycles. The number of esters is 1. The first kappa shape index (κ1) is 27.7. The number of aryl methyl sites for hydroxylation is 1. The Hall–Kier alpha value is -5.82. The molecule has 10 nitrogen and oxygen atoms in total. The smallest absolute Gasteiger partial charge is 0.349 e. The molecule has 5 rings (SSSR count). The molecule has 210 valence electrons. The van der Waals surface area contributed by atoms with Crippen molar-refractivity contribution in [1.82, 2.24) is 0 Å². The largest absolute Gasteiger partial charge is 0.489 e. The Morgan fingerprint density at radius 2 is 1.60 bits per heavy atom. The molecule has 1 heterocycles. The molecule has 1 aliphatic rings. The molecule has 0 aliphatic carbocycles. The third kappa shape index (κ3) is 6.32. The van der Waals surface area contributed by atoms with Crippen LogP contribution in [0.1, 0.15) is 28.2 Å². The number of rotatable bonds is 9. The number of fused-ring (bicyclic) bond motifs is 1. The normalized spacial score (nSPS) is 13.8. The van der Waals surface area contributed by atoms with Crippen LogP contribution in [0.5, 0.6) is 23.0 Å². The van der Waals surface area contributed by atoms with Crippen molar-refractivity contribution < 1.29 is 28.7 Å². The Kier molecular flexibility index (Phi) is 8.02. The van der Waals surface area contributed by atoms with Crippen molar-refractivity contribution in [3.8, 4) is 29.1 Å². The highest BCUT2D eigenvalue weighted by Crippen LogP contribution is 2.43. The van der Waals surface area contributed by atoms with Crippen LogP contribution in [0.25, 0.3) is 0 Å². The molecule has 10 heteroatoms. The van der Waals surface area contributed by atoms with Crippen molar-refractivity contribution in [3.05, 3.63) is 135 Å². The maximum atomic E-state index is 12.4. The van der Waals surface area contributed by atoms with E-state index < -0.39 is 23.4 Å². The molecule has 42 heavy (non-hydrogen) atoms. The van der Waals surface area contributed by atoms with Crippen LogP contribution < -0.4 is 24.7 Å². The molecule has 1 unspecified atom stereocenters. The van der Waals surface area contributed by atoms with Gasteiger partial charge in [-0.1, -0.05) is 48.0 Å². The maximum Gasteiger partial charge on any atom is 0.349 e. The zero-order valence-electron chi connectivity index (χ0n) is 22.5. The number of hydrogen-bond donors (Lipinski definition) is 1. The molecular weight excluding hydrogens is 538 g/mol. The summed E-state index contributed by atoms with van der Waals surface area (Å²) in [7, 11) is 0. The van der Waals surface area contributed by atoms with E-state index in [0.717, 1.165) is 11.1 Å². The van der Waals surface area contributed by atoms with Gasteiger partial charge in [0.1, 0.15) is 41.2 Å². The van der Waals surface area contributed by atoms with Gasteiger partial charge in [-0.05, 0) is 48.4 Å².